The lowest BCUT2D eigenvalue weighted by molar-refractivity contribution is 0.0670. The second-order valence-electron chi connectivity index (χ2n) is 6.02. The third-order valence-corrected chi connectivity index (χ3v) is 4.59. The van der Waals surface area contributed by atoms with Crippen molar-refractivity contribution in [2.24, 2.45) is 0 Å². The normalized spacial score (nSPS) is 15.0. The van der Waals surface area contributed by atoms with E-state index in [-0.39, 0.29) is 23.6 Å². The molecule has 1 unspecified atom stereocenters. The van der Waals surface area contributed by atoms with Crippen LogP contribution in [0.15, 0.2) is 42.5 Å². The summed E-state index contributed by atoms with van der Waals surface area (Å²) in [7, 11) is 1.48. The predicted molar refractivity (Wildman–Crippen MR) is 92.0 cm³/mol. The van der Waals surface area contributed by atoms with Gasteiger partial charge in [-0.1, -0.05) is 23.7 Å². The van der Waals surface area contributed by atoms with E-state index in [1.165, 1.54) is 25.3 Å². The summed E-state index contributed by atoms with van der Waals surface area (Å²) in [4.78, 5) is 14.9. The van der Waals surface area contributed by atoms with Crippen molar-refractivity contribution >= 4 is 17.5 Å². The summed E-state index contributed by atoms with van der Waals surface area (Å²) >= 11 is 5.95. The first-order valence-electron chi connectivity index (χ1n) is 7.93. The third-order valence-electron chi connectivity index (χ3n) is 4.34. The summed E-state index contributed by atoms with van der Waals surface area (Å²) < 4.78 is 18.9. The van der Waals surface area contributed by atoms with Crippen LogP contribution in [0, 0.1) is 5.82 Å². The van der Waals surface area contributed by atoms with Crippen LogP contribution >= 0.6 is 11.6 Å². The lowest BCUT2D eigenvalue weighted by Gasteiger charge is -2.30. The number of halogens is 2. The number of benzene rings is 2. The minimum absolute atomic E-state index is 0.129. The van der Waals surface area contributed by atoms with E-state index in [1.807, 2.05) is 36.1 Å². The fourth-order valence-corrected chi connectivity index (χ4v) is 3.02. The number of amides is 1. The molecular formula is C19H19ClFNO2. The highest BCUT2D eigenvalue weighted by Crippen LogP contribution is 2.37. The minimum atomic E-state index is -0.450. The van der Waals surface area contributed by atoms with Gasteiger partial charge in [0.25, 0.3) is 5.91 Å². The number of nitrogens with zero attached hydrogens (tertiary/aromatic N) is 1. The minimum Gasteiger partial charge on any atom is -0.496 e. The smallest absolute Gasteiger partial charge is 0.258 e. The Morgan fingerprint density at radius 3 is 2.50 bits per heavy atom. The molecule has 0 bridgehead atoms. The topological polar surface area (TPSA) is 29.5 Å². The monoisotopic (exact) mass is 347 g/mol. The molecule has 0 radical (unpaired) electrons. The van der Waals surface area contributed by atoms with Crippen molar-refractivity contribution in [2.45, 2.75) is 31.8 Å². The largest absolute Gasteiger partial charge is 0.496 e. The summed E-state index contributed by atoms with van der Waals surface area (Å²) in [6, 6.07) is 11.5. The number of ether oxygens (including phenoxy) is 1. The first-order chi connectivity index (χ1) is 11.5. The van der Waals surface area contributed by atoms with Crippen LogP contribution in [0.5, 0.6) is 5.75 Å². The first-order valence-corrected chi connectivity index (χ1v) is 8.30. The Morgan fingerprint density at radius 1 is 1.25 bits per heavy atom. The summed E-state index contributed by atoms with van der Waals surface area (Å²) in [5.41, 5.74) is 1.25. The zero-order valence-electron chi connectivity index (χ0n) is 13.6. The Morgan fingerprint density at radius 2 is 1.92 bits per heavy atom. The molecule has 5 heteroatoms. The average molecular weight is 348 g/mol. The number of hydrogen-bond acceptors (Lipinski definition) is 2. The number of carbonyl (C=O) groups excluding carboxylic acids is 1. The molecule has 0 N–H and O–H groups in total. The highest BCUT2D eigenvalue weighted by atomic mass is 35.5. The molecule has 1 aliphatic rings. The summed E-state index contributed by atoms with van der Waals surface area (Å²) in [6.07, 6.45) is 1.92. The lowest BCUT2D eigenvalue weighted by Crippen LogP contribution is -2.35. The van der Waals surface area contributed by atoms with Crippen LogP contribution < -0.4 is 4.74 Å². The Labute approximate surface area is 146 Å². The predicted octanol–water partition coefficient (Wildman–Crippen LogP) is 4.85. The highest BCUT2D eigenvalue weighted by molar-refractivity contribution is 6.30. The van der Waals surface area contributed by atoms with E-state index in [2.05, 4.69) is 0 Å². The van der Waals surface area contributed by atoms with Crippen LogP contribution in [0.1, 0.15) is 41.7 Å². The van der Waals surface area contributed by atoms with Gasteiger partial charge in [0.15, 0.2) is 0 Å². The Kier molecular flexibility index (Phi) is 4.76. The van der Waals surface area contributed by atoms with Crippen molar-refractivity contribution in [1.29, 1.82) is 0 Å². The molecule has 1 fully saturated rings. The molecule has 0 heterocycles. The number of carbonyl (C=O) groups is 1. The van der Waals surface area contributed by atoms with Crippen LogP contribution in [0.4, 0.5) is 4.39 Å². The Balaban J connectivity index is 1.95. The van der Waals surface area contributed by atoms with Crippen molar-refractivity contribution in [3.05, 3.63) is 64.4 Å². The molecule has 1 amide bonds. The highest BCUT2D eigenvalue weighted by Gasteiger charge is 2.37. The van der Waals surface area contributed by atoms with Gasteiger partial charge in [0.2, 0.25) is 0 Å². The van der Waals surface area contributed by atoms with Gasteiger partial charge in [-0.05, 0) is 55.7 Å². The van der Waals surface area contributed by atoms with Gasteiger partial charge in [0.1, 0.15) is 11.6 Å². The fraction of sp³-hybridized carbons (Fsp3) is 0.316. The van der Waals surface area contributed by atoms with Gasteiger partial charge in [-0.15, -0.1) is 0 Å². The summed E-state index contributed by atoms with van der Waals surface area (Å²) in [5.74, 6) is -0.277. The van der Waals surface area contributed by atoms with Crippen molar-refractivity contribution in [1.82, 2.24) is 4.90 Å². The standard InChI is InChI=1S/C19H19ClFNO2/c1-12(13-3-5-14(20)6-4-13)22(16-8-9-16)19(23)17-11-15(21)7-10-18(17)24-2/h3-7,10-12,16H,8-9H2,1-2H3. The van der Waals surface area contributed by atoms with E-state index in [0.29, 0.717) is 10.8 Å². The molecule has 24 heavy (non-hydrogen) atoms. The van der Waals surface area contributed by atoms with Gasteiger partial charge in [-0.25, -0.2) is 4.39 Å². The van der Waals surface area contributed by atoms with Crippen LogP contribution in [-0.4, -0.2) is 24.0 Å². The quantitative estimate of drug-likeness (QED) is 0.773. The Bertz CT molecular complexity index is 744. The fourth-order valence-electron chi connectivity index (χ4n) is 2.90. The maximum atomic E-state index is 13.7. The molecule has 0 aliphatic heterocycles. The second kappa shape index (κ2) is 6.81. The summed E-state index contributed by atoms with van der Waals surface area (Å²) in [6.45, 7) is 1.98. The van der Waals surface area contributed by atoms with E-state index in [4.69, 9.17) is 16.3 Å². The number of methoxy groups -OCH3 is 1. The molecule has 2 aromatic rings. The van der Waals surface area contributed by atoms with Crippen molar-refractivity contribution < 1.29 is 13.9 Å². The zero-order chi connectivity index (χ0) is 17.3. The van der Waals surface area contributed by atoms with Gasteiger partial charge in [-0.3, -0.25) is 4.79 Å². The molecule has 1 aliphatic carbocycles. The molecular weight excluding hydrogens is 329 g/mol. The number of hydrogen-bond donors (Lipinski definition) is 0. The van der Waals surface area contributed by atoms with Crippen LogP contribution in [-0.2, 0) is 0 Å². The molecule has 0 saturated heterocycles. The van der Waals surface area contributed by atoms with Gasteiger partial charge >= 0.3 is 0 Å². The first kappa shape index (κ1) is 16.8. The molecule has 0 spiro atoms. The average Bonchev–Trinajstić information content (AvgIpc) is 3.40. The van der Waals surface area contributed by atoms with Crippen LogP contribution in [0.25, 0.3) is 0 Å². The van der Waals surface area contributed by atoms with Crippen molar-refractivity contribution in [3.63, 3.8) is 0 Å². The molecule has 0 aromatic heterocycles. The SMILES string of the molecule is COc1ccc(F)cc1C(=O)N(C1CC1)C(C)c1ccc(Cl)cc1. The zero-order valence-corrected chi connectivity index (χ0v) is 14.4. The van der Waals surface area contributed by atoms with E-state index in [0.717, 1.165) is 18.4 Å². The maximum Gasteiger partial charge on any atom is 0.258 e. The van der Waals surface area contributed by atoms with Gasteiger partial charge in [-0.2, -0.15) is 0 Å². The third kappa shape index (κ3) is 3.39. The summed E-state index contributed by atoms with van der Waals surface area (Å²) in [5, 5.41) is 0.655. The molecule has 126 valence electrons. The molecule has 3 rings (SSSR count). The molecule has 1 atom stereocenters. The van der Waals surface area contributed by atoms with Gasteiger partial charge in [0.05, 0.1) is 18.7 Å². The maximum absolute atomic E-state index is 13.7. The van der Waals surface area contributed by atoms with Gasteiger partial charge < -0.3 is 9.64 Å². The molecule has 1 saturated carbocycles. The van der Waals surface area contributed by atoms with E-state index in [9.17, 15) is 9.18 Å². The van der Waals surface area contributed by atoms with E-state index >= 15 is 0 Å². The van der Waals surface area contributed by atoms with Crippen LogP contribution in [0.2, 0.25) is 5.02 Å². The van der Waals surface area contributed by atoms with Crippen LogP contribution in [0.3, 0.4) is 0 Å². The van der Waals surface area contributed by atoms with E-state index in [1.54, 1.807) is 0 Å². The Hall–Kier alpha value is -2.07. The molecule has 3 nitrogen and oxygen atoms in total. The molecule has 2 aromatic carbocycles. The second-order valence-corrected chi connectivity index (χ2v) is 6.45. The van der Waals surface area contributed by atoms with Gasteiger partial charge in [0, 0.05) is 11.1 Å². The van der Waals surface area contributed by atoms with Crippen molar-refractivity contribution in [3.8, 4) is 5.75 Å². The van der Waals surface area contributed by atoms with E-state index < -0.39 is 5.82 Å². The van der Waals surface area contributed by atoms with Crippen molar-refractivity contribution in [2.75, 3.05) is 7.11 Å². The lowest BCUT2D eigenvalue weighted by atomic mass is 10.0. The number of rotatable bonds is 5.